The normalized spacial score (nSPS) is 37.1. The van der Waals surface area contributed by atoms with E-state index in [1.165, 1.54) is 0 Å². The van der Waals surface area contributed by atoms with Crippen molar-refractivity contribution < 1.29 is 14.3 Å². The molecular weight excluding hydrogens is 264 g/mol. The van der Waals surface area contributed by atoms with Crippen LogP contribution >= 0.6 is 0 Å². The minimum Gasteiger partial charge on any atom is -0.426 e. The number of hydrogen-bond acceptors (Lipinski definition) is 3. The van der Waals surface area contributed by atoms with Crippen molar-refractivity contribution in [2.75, 3.05) is 0 Å². The molecule has 0 aromatic heterocycles. The van der Waals surface area contributed by atoms with Gasteiger partial charge in [-0.05, 0) is 42.7 Å². The van der Waals surface area contributed by atoms with Gasteiger partial charge in [0, 0.05) is 5.92 Å². The number of epoxide rings is 1. The van der Waals surface area contributed by atoms with Crippen molar-refractivity contribution in [2.24, 2.45) is 17.8 Å². The van der Waals surface area contributed by atoms with E-state index in [-0.39, 0.29) is 11.9 Å². The van der Waals surface area contributed by atoms with Crippen LogP contribution in [0.3, 0.4) is 0 Å². The summed E-state index contributed by atoms with van der Waals surface area (Å²) < 4.78 is 11.4. The average Bonchev–Trinajstić information content (AvgIpc) is 3.11. The first kappa shape index (κ1) is 13.3. The fourth-order valence-corrected chi connectivity index (χ4v) is 4.26. The van der Waals surface area contributed by atoms with Gasteiger partial charge in [-0.1, -0.05) is 32.0 Å². The lowest BCUT2D eigenvalue weighted by Gasteiger charge is -2.20. The maximum Gasteiger partial charge on any atom is 0.314 e. The second-order valence-electron chi connectivity index (χ2n) is 6.84. The van der Waals surface area contributed by atoms with Gasteiger partial charge in [0.25, 0.3) is 0 Å². The molecule has 2 saturated carbocycles. The van der Waals surface area contributed by atoms with Crippen LogP contribution in [-0.4, -0.2) is 18.2 Å². The Bertz CT molecular complexity index is 567. The zero-order valence-electron chi connectivity index (χ0n) is 12.6. The molecule has 6 atom stereocenters. The molecule has 0 N–H and O–H groups in total. The molecule has 3 heteroatoms. The predicted octanol–water partition coefficient (Wildman–Crippen LogP) is 3.53. The van der Waals surface area contributed by atoms with E-state index in [9.17, 15) is 4.79 Å². The van der Waals surface area contributed by atoms with Gasteiger partial charge in [0.15, 0.2) is 0 Å². The summed E-state index contributed by atoms with van der Waals surface area (Å²) in [6.07, 6.45) is 3.97. The number of benzene rings is 1. The van der Waals surface area contributed by atoms with Gasteiger partial charge in [-0.2, -0.15) is 0 Å². The van der Waals surface area contributed by atoms with Crippen molar-refractivity contribution in [2.45, 2.75) is 51.2 Å². The van der Waals surface area contributed by atoms with Crippen molar-refractivity contribution in [1.29, 1.82) is 0 Å². The molecule has 1 aromatic carbocycles. The Labute approximate surface area is 125 Å². The fraction of sp³-hybridized carbons (Fsp3) is 0.611. The van der Waals surface area contributed by atoms with Crippen molar-refractivity contribution in [1.82, 2.24) is 0 Å². The molecule has 1 saturated heterocycles. The third kappa shape index (κ3) is 2.10. The summed E-state index contributed by atoms with van der Waals surface area (Å²) in [5.74, 6) is 2.15. The molecule has 3 fully saturated rings. The Balaban J connectivity index is 1.50. The number of hydrogen-bond donors (Lipinski definition) is 0. The molecule has 1 aliphatic heterocycles. The molecule has 2 aliphatic carbocycles. The molecule has 6 unspecified atom stereocenters. The van der Waals surface area contributed by atoms with Crippen LogP contribution in [0.5, 0.6) is 5.75 Å². The summed E-state index contributed by atoms with van der Waals surface area (Å²) in [7, 11) is 0. The summed E-state index contributed by atoms with van der Waals surface area (Å²) in [6, 6.07) is 7.94. The largest absolute Gasteiger partial charge is 0.426 e. The van der Waals surface area contributed by atoms with E-state index in [4.69, 9.17) is 9.47 Å². The van der Waals surface area contributed by atoms with E-state index in [0.29, 0.717) is 30.0 Å². The molecule has 0 spiro atoms. The average molecular weight is 286 g/mol. The lowest BCUT2D eigenvalue weighted by molar-refractivity contribution is -0.140. The highest BCUT2D eigenvalue weighted by Gasteiger charge is 2.65. The fourth-order valence-electron chi connectivity index (χ4n) is 4.26. The molecule has 21 heavy (non-hydrogen) atoms. The van der Waals surface area contributed by atoms with Crippen molar-refractivity contribution in [3.63, 3.8) is 0 Å². The highest BCUT2D eigenvalue weighted by Crippen LogP contribution is 2.59. The van der Waals surface area contributed by atoms with Crippen molar-refractivity contribution in [3.8, 4) is 5.75 Å². The summed E-state index contributed by atoms with van der Waals surface area (Å²) in [5, 5.41) is 0. The molecule has 3 aliphatic rings. The van der Waals surface area contributed by atoms with Gasteiger partial charge in [0.1, 0.15) is 5.75 Å². The molecule has 2 bridgehead atoms. The molecule has 4 rings (SSSR count). The Hall–Kier alpha value is -1.35. The van der Waals surface area contributed by atoms with Crippen molar-refractivity contribution >= 4 is 5.97 Å². The number of para-hydroxylation sites is 1. The van der Waals surface area contributed by atoms with Gasteiger partial charge < -0.3 is 9.47 Å². The quantitative estimate of drug-likeness (QED) is 0.483. The van der Waals surface area contributed by atoms with Gasteiger partial charge in [-0.3, -0.25) is 4.79 Å². The van der Waals surface area contributed by atoms with Crippen LogP contribution in [0, 0.1) is 17.8 Å². The number of carbonyl (C=O) groups is 1. The first-order valence-electron chi connectivity index (χ1n) is 8.15. The van der Waals surface area contributed by atoms with Crippen LogP contribution in [0.25, 0.3) is 0 Å². The molecule has 112 valence electrons. The molecule has 3 nitrogen and oxygen atoms in total. The Kier molecular flexibility index (Phi) is 3.07. The molecular formula is C18H22O3. The maximum atomic E-state index is 12.6. The third-order valence-corrected chi connectivity index (χ3v) is 5.67. The topological polar surface area (TPSA) is 38.8 Å². The second-order valence-corrected chi connectivity index (χ2v) is 6.84. The van der Waals surface area contributed by atoms with E-state index < -0.39 is 0 Å². The number of ether oxygens (including phenoxy) is 2. The zero-order valence-corrected chi connectivity index (χ0v) is 12.6. The predicted molar refractivity (Wildman–Crippen MR) is 79.1 cm³/mol. The van der Waals surface area contributed by atoms with Crippen LogP contribution in [0.2, 0.25) is 0 Å². The summed E-state index contributed by atoms with van der Waals surface area (Å²) in [5.41, 5.74) is 1.14. The van der Waals surface area contributed by atoms with Gasteiger partial charge in [0.2, 0.25) is 0 Å². The zero-order chi connectivity index (χ0) is 14.6. The second kappa shape index (κ2) is 4.84. The molecule has 0 radical (unpaired) electrons. The standard InChI is InChI=1S/C18H22O3/c1-3-10(2)12-6-4-5-7-15(12)20-18(19)14-9-11-8-13(14)17-16(11)21-17/h4-7,10-11,13-14,16-17H,3,8-9H2,1-2H3. The van der Waals surface area contributed by atoms with Crippen LogP contribution in [0.4, 0.5) is 0 Å². The first-order valence-corrected chi connectivity index (χ1v) is 8.15. The monoisotopic (exact) mass is 286 g/mol. The minimum atomic E-state index is -0.0489. The van der Waals surface area contributed by atoms with Crippen LogP contribution in [0.1, 0.15) is 44.6 Å². The van der Waals surface area contributed by atoms with E-state index in [1.54, 1.807) is 0 Å². The number of carbonyl (C=O) groups excluding carboxylic acids is 1. The van der Waals surface area contributed by atoms with E-state index in [2.05, 4.69) is 19.9 Å². The molecule has 0 amide bonds. The number of rotatable bonds is 4. The summed E-state index contributed by atoms with van der Waals surface area (Å²) >= 11 is 0. The minimum absolute atomic E-state index is 0.0451. The Morgan fingerprint density at radius 3 is 2.86 bits per heavy atom. The number of esters is 1. The van der Waals surface area contributed by atoms with E-state index in [1.807, 2.05) is 18.2 Å². The first-order chi connectivity index (χ1) is 10.2. The van der Waals surface area contributed by atoms with Crippen LogP contribution in [-0.2, 0) is 9.53 Å². The van der Waals surface area contributed by atoms with Crippen LogP contribution in [0.15, 0.2) is 24.3 Å². The highest BCUT2D eigenvalue weighted by molar-refractivity contribution is 5.77. The Morgan fingerprint density at radius 1 is 1.33 bits per heavy atom. The van der Waals surface area contributed by atoms with Gasteiger partial charge in [0.05, 0.1) is 18.1 Å². The maximum absolute atomic E-state index is 12.6. The SMILES string of the molecule is CCC(C)c1ccccc1OC(=O)C1CC2CC1C1OC21. The van der Waals surface area contributed by atoms with E-state index >= 15 is 0 Å². The van der Waals surface area contributed by atoms with E-state index in [0.717, 1.165) is 30.6 Å². The molecule has 1 aromatic rings. The lowest BCUT2D eigenvalue weighted by atomic mass is 9.89. The highest BCUT2D eigenvalue weighted by atomic mass is 16.6. The molecule has 1 heterocycles. The van der Waals surface area contributed by atoms with Gasteiger partial charge in [-0.25, -0.2) is 0 Å². The summed E-state index contributed by atoms with van der Waals surface area (Å²) in [6.45, 7) is 4.33. The number of fused-ring (bicyclic) bond motifs is 5. The third-order valence-electron chi connectivity index (χ3n) is 5.67. The van der Waals surface area contributed by atoms with Gasteiger partial charge >= 0.3 is 5.97 Å². The Morgan fingerprint density at radius 2 is 2.14 bits per heavy atom. The smallest absolute Gasteiger partial charge is 0.314 e. The van der Waals surface area contributed by atoms with Crippen molar-refractivity contribution in [3.05, 3.63) is 29.8 Å². The van der Waals surface area contributed by atoms with Crippen LogP contribution < -0.4 is 4.74 Å². The lowest BCUT2D eigenvalue weighted by Crippen LogP contribution is -2.29. The van der Waals surface area contributed by atoms with Gasteiger partial charge in [-0.15, -0.1) is 0 Å². The summed E-state index contributed by atoms with van der Waals surface area (Å²) in [4.78, 5) is 12.6.